The summed E-state index contributed by atoms with van der Waals surface area (Å²) in [5, 5.41) is 21.2. The highest BCUT2D eigenvalue weighted by Gasteiger charge is 2.07. The largest absolute Gasteiger partial charge is 0.503 e. The first-order valence-electron chi connectivity index (χ1n) is 3.94. The third kappa shape index (κ3) is 1.36. The SMILES string of the molecule is OC1=C(O)Nc2ccccc2C=C1. The Bertz CT molecular complexity index is 394. The zero-order chi connectivity index (χ0) is 9.26. The number of anilines is 1. The lowest BCUT2D eigenvalue weighted by Crippen LogP contribution is -2.00. The lowest BCUT2D eigenvalue weighted by molar-refractivity contribution is 0.344. The minimum atomic E-state index is -0.221. The number of benzene rings is 1. The first-order chi connectivity index (χ1) is 6.27. The van der Waals surface area contributed by atoms with Gasteiger partial charge in [-0.25, -0.2) is 0 Å². The minimum Gasteiger partial charge on any atom is -0.503 e. The Kier molecular flexibility index (Phi) is 1.70. The molecular weight excluding hydrogens is 166 g/mol. The molecule has 1 aliphatic rings. The van der Waals surface area contributed by atoms with Crippen LogP contribution in [0.4, 0.5) is 5.69 Å². The van der Waals surface area contributed by atoms with E-state index in [0.717, 1.165) is 11.3 Å². The number of allylic oxidation sites excluding steroid dienone is 1. The number of fused-ring (bicyclic) bond motifs is 1. The molecule has 0 saturated heterocycles. The van der Waals surface area contributed by atoms with Crippen LogP contribution in [-0.2, 0) is 0 Å². The van der Waals surface area contributed by atoms with Crippen LogP contribution < -0.4 is 5.32 Å². The fourth-order valence-corrected chi connectivity index (χ4v) is 1.20. The predicted octanol–water partition coefficient (Wildman–Crippen LogP) is 2.41. The van der Waals surface area contributed by atoms with Gasteiger partial charge in [-0.2, -0.15) is 0 Å². The normalized spacial score (nSPS) is 14.8. The van der Waals surface area contributed by atoms with E-state index in [1.807, 2.05) is 24.3 Å². The van der Waals surface area contributed by atoms with Crippen LogP contribution in [0, 0.1) is 0 Å². The number of hydrogen-bond donors (Lipinski definition) is 3. The van der Waals surface area contributed by atoms with Gasteiger partial charge in [-0.15, -0.1) is 0 Å². The van der Waals surface area contributed by atoms with E-state index >= 15 is 0 Å². The van der Waals surface area contributed by atoms with E-state index in [2.05, 4.69) is 5.32 Å². The summed E-state index contributed by atoms with van der Waals surface area (Å²) in [4.78, 5) is 0. The molecule has 0 spiro atoms. The van der Waals surface area contributed by atoms with Gasteiger partial charge in [0, 0.05) is 5.69 Å². The predicted molar refractivity (Wildman–Crippen MR) is 51.4 cm³/mol. The van der Waals surface area contributed by atoms with Gasteiger partial charge < -0.3 is 15.5 Å². The van der Waals surface area contributed by atoms with E-state index in [-0.39, 0.29) is 11.6 Å². The summed E-state index contributed by atoms with van der Waals surface area (Å²) in [6.45, 7) is 0. The Morgan fingerprint density at radius 3 is 2.62 bits per heavy atom. The number of para-hydroxylation sites is 1. The van der Waals surface area contributed by atoms with Crippen LogP contribution in [0.15, 0.2) is 42.0 Å². The van der Waals surface area contributed by atoms with E-state index in [1.165, 1.54) is 6.08 Å². The Balaban J connectivity index is 2.51. The zero-order valence-electron chi connectivity index (χ0n) is 6.86. The molecule has 1 aromatic rings. The van der Waals surface area contributed by atoms with E-state index in [1.54, 1.807) is 6.08 Å². The monoisotopic (exact) mass is 175 g/mol. The average molecular weight is 175 g/mol. The molecule has 3 heteroatoms. The molecule has 0 amide bonds. The van der Waals surface area contributed by atoms with Crippen LogP contribution >= 0.6 is 0 Å². The summed E-state index contributed by atoms with van der Waals surface area (Å²) >= 11 is 0. The summed E-state index contributed by atoms with van der Waals surface area (Å²) < 4.78 is 0. The maximum Gasteiger partial charge on any atom is 0.232 e. The quantitative estimate of drug-likeness (QED) is 0.567. The molecule has 0 radical (unpaired) electrons. The topological polar surface area (TPSA) is 52.5 Å². The summed E-state index contributed by atoms with van der Waals surface area (Å²) in [5.41, 5.74) is 1.71. The number of hydrogen-bond acceptors (Lipinski definition) is 3. The van der Waals surface area contributed by atoms with Crippen LogP contribution in [0.1, 0.15) is 5.56 Å². The molecule has 0 aliphatic carbocycles. The molecule has 3 nitrogen and oxygen atoms in total. The Labute approximate surface area is 75.6 Å². The van der Waals surface area contributed by atoms with Gasteiger partial charge in [0.2, 0.25) is 5.88 Å². The van der Waals surface area contributed by atoms with Crippen molar-refractivity contribution in [2.24, 2.45) is 0 Å². The number of aliphatic hydroxyl groups is 2. The van der Waals surface area contributed by atoms with Crippen LogP contribution in [0.3, 0.4) is 0 Å². The molecule has 0 saturated carbocycles. The molecule has 0 aromatic heterocycles. The standard InChI is InChI=1S/C10H9NO2/c12-9-6-5-7-3-1-2-4-8(7)11-10(9)13/h1-6,11-13H. The van der Waals surface area contributed by atoms with Crippen LogP contribution in [0.2, 0.25) is 0 Å². The summed E-state index contributed by atoms with van der Waals surface area (Å²) in [6, 6.07) is 7.47. The van der Waals surface area contributed by atoms with Gasteiger partial charge in [-0.05, 0) is 23.8 Å². The first-order valence-corrected chi connectivity index (χ1v) is 3.94. The van der Waals surface area contributed by atoms with Crippen molar-refractivity contribution in [2.45, 2.75) is 0 Å². The third-order valence-electron chi connectivity index (χ3n) is 1.88. The van der Waals surface area contributed by atoms with Crippen molar-refractivity contribution < 1.29 is 10.2 Å². The minimum absolute atomic E-state index is 0.156. The second-order valence-electron chi connectivity index (χ2n) is 2.78. The molecule has 0 bridgehead atoms. The molecule has 3 N–H and O–H groups in total. The van der Waals surface area contributed by atoms with Crippen molar-refractivity contribution in [1.82, 2.24) is 0 Å². The van der Waals surface area contributed by atoms with Crippen LogP contribution in [0.5, 0.6) is 0 Å². The highest BCUT2D eigenvalue weighted by molar-refractivity contribution is 5.70. The number of aliphatic hydroxyl groups excluding tert-OH is 2. The van der Waals surface area contributed by atoms with E-state index in [4.69, 9.17) is 0 Å². The van der Waals surface area contributed by atoms with Gasteiger partial charge in [-0.1, -0.05) is 18.2 Å². The van der Waals surface area contributed by atoms with E-state index < -0.39 is 0 Å². The van der Waals surface area contributed by atoms with Crippen molar-refractivity contribution in [3.8, 4) is 0 Å². The lowest BCUT2D eigenvalue weighted by Gasteiger charge is -2.05. The van der Waals surface area contributed by atoms with Crippen LogP contribution in [-0.4, -0.2) is 10.2 Å². The lowest BCUT2D eigenvalue weighted by atomic mass is 10.2. The van der Waals surface area contributed by atoms with E-state index in [0.29, 0.717) is 0 Å². The van der Waals surface area contributed by atoms with Crippen molar-refractivity contribution >= 4 is 11.8 Å². The maximum absolute atomic E-state index is 9.27. The molecule has 0 fully saturated rings. The number of nitrogens with one attached hydrogen (secondary N) is 1. The summed E-state index contributed by atoms with van der Waals surface area (Å²) in [6.07, 6.45) is 3.19. The van der Waals surface area contributed by atoms with Gasteiger partial charge >= 0.3 is 0 Å². The van der Waals surface area contributed by atoms with Crippen molar-refractivity contribution in [3.63, 3.8) is 0 Å². The van der Waals surface area contributed by atoms with Crippen molar-refractivity contribution in [1.29, 1.82) is 0 Å². The van der Waals surface area contributed by atoms with E-state index in [9.17, 15) is 10.2 Å². The van der Waals surface area contributed by atoms with Gasteiger partial charge in [0.25, 0.3) is 0 Å². The average Bonchev–Trinajstić information content (AvgIpc) is 2.28. The van der Waals surface area contributed by atoms with Gasteiger partial charge in [0.05, 0.1) is 0 Å². The molecule has 2 rings (SSSR count). The van der Waals surface area contributed by atoms with Gasteiger partial charge in [-0.3, -0.25) is 0 Å². The fourth-order valence-electron chi connectivity index (χ4n) is 1.20. The molecule has 1 aliphatic heterocycles. The summed E-state index contributed by atoms with van der Waals surface area (Å²) in [5.74, 6) is -0.377. The van der Waals surface area contributed by atoms with Gasteiger partial charge in [0.15, 0.2) is 5.76 Å². The highest BCUT2D eigenvalue weighted by atomic mass is 16.3. The second-order valence-corrected chi connectivity index (χ2v) is 2.78. The molecule has 1 heterocycles. The molecule has 13 heavy (non-hydrogen) atoms. The van der Waals surface area contributed by atoms with Crippen LogP contribution in [0.25, 0.3) is 6.08 Å². The van der Waals surface area contributed by atoms with Gasteiger partial charge in [0.1, 0.15) is 0 Å². The Morgan fingerprint density at radius 1 is 1.00 bits per heavy atom. The summed E-state index contributed by atoms with van der Waals surface area (Å²) in [7, 11) is 0. The molecule has 0 atom stereocenters. The second kappa shape index (κ2) is 2.86. The molecule has 1 aromatic carbocycles. The Hall–Kier alpha value is -1.90. The fraction of sp³-hybridized carbons (Fsp3) is 0. The molecular formula is C10H9NO2. The third-order valence-corrected chi connectivity index (χ3v) is 1.88. The van der Waals surface area contributed by atoms with Crippen molar-refractivity contribution in [3.05, 3.63) is 47.5 Å². The maximum atomic E-state index is 9.27. The zero-order valence-corrected chi connectivity index (χ0v) is 6.86. The molecule has 0 unspecified atom stereocenters. The number of rotatable bonds is 0. The smallest absolute Gasteiger partial charge is 0.232 e. The van der Waals surface area contributed by atoms with Crippen molar-refractivity contribution in [2.75, 3.05) is 5.32 Å². The first kappa shape index (κ1) is 7.73. The highest BCUT2D eigenvalue weighted by Crippen LogP contribution is 2.22. The Morgan fingerprint density at radius 2 is 1.77 bits per heavy atom. The molecule has 66 valence electrons.